The number of ether oxygens (including phenoxy) is 1. The first-order chi connectivity index (χ1) is 8.19. The summed E-state index contributed by atoms with van der Waals surface area (Å²) >= 11 is 11.7. The number of aromatic nitrogens is 1. The number of aryl methyl sites for hydroxylation is 1. The van der Waals surface area contributed by atoms with Crippen LogP contribution >= 0.6 is 23.2 Å². The number of halogens is 2. The predicted molar refractivity (Wildman–Crippen MR) is 70.1 cm³/mol. The van der Waals surface area contributed by atoms with E-state index in [2.05, 4.69) is 4.98 Å². The maximum Gasteiger partial charge on any atom is 0.219 e. The van der Waals surface area contributed by atoms with E-state index < -0.39 is 0 Å². The Hall–Kier alpha value is -1.25. The third-order valence-corrected chi connectivity index (χ3v) is 2.93. The Morgan fingerprint density at radius 2 is 1.94 bits per heavy atom. The molecular weight excluding hydrogens is 257 g/mol. The van der Waals surface area contributed by atoms with Crippen LogP contribution in [0.2, 0.25) is 5.02 Å². The zero-order chi connectivity index (χ0) is 12.3. The summed E-state index contributed by atoms with van der Waals surface area (Å²) in [4.78, 5) is 4.09. The fraction of sp³-hybridized carbons (Fsp3) is 0.154. The lowest BCUT2D eigenvalue weighted by Gasteiger charge is -2.06. The van der Waals surface area contributed by atoms with Crippen molar-refractivity contribution in [3.05, 3.63) is 52.7 Å². The molecule has 0 bridgehead atoms. The summed E-state index contributed by atoms with van der Waals surface area (Å²) in [6.07, 6.45) is 1.54. The zero-order valence-electron chi connectivity index (χ0n) is 9.28. The highest BCUT2D eigenvalue weighted by molar-refractivity contribution is 6.32. The van der Waals surface area contributed by atoms with Crippen LogP contribution in [0.15, 0.2) is 36.5 Å². The van der Waals surface area contributed by atoms with Crippen molar-refractivity contribution in [2.75, 3.05) is 0 Å². The molecule has 0 N–H and O–H groups in total. The lowest BCUT2D eigenvalue weighted by molar-refractivity contribution is 0.462. The minimum absolute atomic E-state index is 0.339. The van der Waals surface area contributed by atoms with Gasteiger partial charge >= 0.3 is 0 Å². The lowest BCUT2D eigenvalue weighted by Crippen LogP contribution is -1.90. The largest absolute Gasteiger partial charge is 0.439 e. The maximum absolute atomic E-state index is 5.92. The van der Waals surface area contributed by atoms with Gasteiger partial charge in [0.15, 0.2) is 0 Å². The lowest BCUT2D eigenvalue weighted by atomic mass is 10.2. The first kappa shape index (κ1) is 12.2. The molecule has 0 aliphatic rings. The minimum Gasteiger partial charge on any atom is -0.439 e. The number of rotatable bonds is 3. The van der Waals surface area contributed by atoms with E-state index in [0.29, 0.717) is 16.8 Å². The van der Waals surface area contributed by atoms with Gasteiger partial charge in [-0.1, -0.05) is 29.3 Å². The molecule has 1 heterocycles. The fourth-order valence-electron chi connectivity index (χ4n) is 1.34. The van der Waals surface area contributed by atoms with Crippen molar-refractivity contribution in [2.45, 2.75) is 12.8 Å². The van der Waals surface area contributed by atoms with Crippen LogP contribution in [0.25, 0.3) is 0 Å². The summed E-state index contributed by atoms with van der Waals surface area (Å²) < 4.78 is 5.60. The van der Waals surface area contributed by atoms with Gasteiger partial charge in [-0.15, -0.1) is 11.6 Å². The van der Waals surface area contributed by atoms with Crippen molar-refractivity contribution in [3.63, 3.8) is 0 Å². The number of nitrogens with zero attached hydrogens (tertiary/aromatic N) is 1. The Kier molecular flexibility index (Phi) is 3.87. The third kappa shape index (κ3) is 3.11. The summed E-state index contributed by atoms with van der Waals surface area (Å²) in [5.74, 6) is 1.57. The van der Waals surface area contributed by atoms with Gasteiger partial charge in [0, 0.05) is 18.1 Å². The molecule has 0 unspecified atom stereocenters. The maximum atomic E-state index is 5.92. The predicted octanol–water partition coefficient (Wildman–Crippen LogP) is 4.57. The van der Waals surface area contributed by atoms with E-state index in [0.717, 1.165) is 11.3 Å². The zero-order valence-corrected chi connectivity index (χ0v) is 10.8. The van der Waals surface area contributed by atoms with Gasteiger partial charge in [-0.25, -0.2) is 4.98 Å². The summed E-state index contributed by atoms with van der Waals surface area (Å²) in [7, 11) is 0. The fourth-order valence-corrected chi connectivity index (χ4v) is 1.80. The van der Waals surface area contributed by atoms with Crippen LogP contribution in [0.3, 0.4) is 0 Å². The molecular formula is C13H11Cl2NO. The molecule has 0 spiro atoms. The molecule has 1 aromatic heterocycles. The molecule has 0 aliphatic carbocycles. The van der Waals surface area contributed by atoms with E-state index in [1.165, 1.54) is 5.56 Å². The average Bonchev–Trinajstić information content (AvgIpc) is 2.34. The van der Waals surface area contributed by atoms with Gasteiger partial charge in [-0.05, 0) is 24.6 Å². The first-order valence-electron chi connectivity index (χ1n) is 5.14. The Labute approximate surface area is 110 Å². The van der Waals surface area contributed by atoms with Gasteiger partial charge in [0.25, 0.3) is 0 Å². The molecule has 1 aromatic carbocycles. The molecule has 2 aromatic rings. The number of benzene rings is 1. The van der Waals surface area contributed by atoms with Crippen molar-refractivity contribution in [1.29, 1.82) is 0 Å². The SMILES string of the molecule is Cc1ccc(Oc2cc(CCl)c(Cl)cn2)cc1. The standard InChI is InChI=1S/C13H11Cl2NO/c1-9-2-4-11(5-3-9)17-13-6-10(7-14)12(15)8-16-13/h2-6,8H,7H2,1H3. The topological polar surface area (TPSA) is 22.1 Å². The van der Waals surface area contributed by atoms with Gasteiger partial charge in [0.2, 0.25) is 5.88 Å². The minimum atomic E-state index is 0.339. The van der Waals surface area contributed by atoms with Crippen molar-refractivity contribution >= 4 is 23.2 Å². The number of hydrogen-bond acceptors (Lipinski definition) is 2. The number of hydrogen-bond donors (Lipinski definition) is 0. The normalized spacial score (nSPS) is 10.3. The second-order valence-corrected chi connectivity index (χ2v) is 4.34. The second kappa shape index (κ2) is 5.39. The summed E-state index contributed by atoms with van der Waals surface area (Å²) in [6.45, 7) is 2.02. The molecule has 2 rings (SSSR count). The van der Waals surface area contributed by atoms with Crippen LogP contribution in [0.5, 0.6) is 11.6 Å². The van der Waals surface area contributed by atoms with Crippen molar-refractivity contribution in [1.82, 2.24) is 4.98 Å². The van der Waals surface area contributed by atoms with Gasteiger partial charge < -0.3 is 4.74 Å². The number of pyridine rings is 1. The Balaban J connectivity index is 2.21. The van der Waals surface area contributed by atoms with Crippen molar-refractivity contribution < 1.29 is 4.74 Å². The number of alkyl halides is 1. The van der Waals surface area contributed by atoms with Gasteiger partial charge in [0.05, 0.1) is 5.02 Å². The van der Waals surface area contributed by atoms with Crippen molar-refractivity contribution in [3.8, 4) is 11.6 Å². The van der Waals surface area contributed by atoms with Gasteiger partial charge in [-0.2, -0.15) is 0 Å². The van der Waals surface area contributed by atoms with Crippen molar-refractivity contribution in [2.24, 2.45) is 0 Å². The highest BCUT2D eigenvalue weighted by Crippen LogP contribution is 2.24. The van der Waals surface area contributed by atoms with E-state index in [4.69, 9.17) is 27.9 Å². The summed E-state index contributed by atoms with van der Waals surface area (Å²) in [6, 6.07) is 9.49. The average molecular weight is 268 g/mol. The Morgan fingerprint density at radius 1 is 1.24 bits per heavy atom. The molecule has 0 radical (unpaired) electrons. The van der Waals surface area contributed by atoms with Gasteiger partial charge in [-0.3, -0.25) is 0 Å². The molecule has 88 valence electrons. The molecule has 0 aliphatic heterocycles. The monoisotopic (exact) mass is 267 g/mol. The van der Waals surface area contributed by atoms with Crippen LogP contribution in [-0.2, 0) is 5.88 Å². The van der Waals surface area contributed by atoms with Crippen LogP contribution in [0.4, 0.5) is 0 Å². The molecule has 0 atom stereocenters. The van der Waals surface area contributed by atoms with E-state index in [-0.39, 0.29) is 0 Å². The van der Waals surface area contributed by atoms with Crippen LogP contribution in [-0.4, -0.2) is 4.98 Å². The smallest absolute Gasteiger partial charge is 0.219 e. The van der Waals surface area contributed by atoms with E-state index >= 15 is 0 Å². The van der Waals surface area contributed by atoms with Crippen LogP contribution in [0.1, 0.15) is 11.1 Å². The third-order valence-electron chi connectivity index (χ3n) is 2.30. The highest BCUT2D eigenvalue weighted by atomic mass is 35.5. The highest BCUT2D eigenvalue weighted by Gasteiger charge is 2.04. The summed E-state index contributed by atoms with van der Waals surface area (Å²) in [5, 5.41) is 0.552. The second-order valence-electron chi connectivity index (χ2n) is 3.66. The van der Waals surface area contributed by atoms with Crippen LogP contribution < -0.4 is 4.74 Å². The quantitative estimate of drug-likeness (QED) is 0.760. The Bertz CT molecular complexity index is 511. The molecule has 0 fully saturated rings. The molecule has 2 nitrogen and oxygen atoms in total. The molecule has 0 saturated carbocycles. The van der Waals surface area contributed by atoms with E-state index in [1.54, 1.807) is 12.3 Å². The first-order valence-corrected chi connectivity index (χ1v) is 6.05. The van der Waals surface area contributed by atoms with Gasteiger partial charge in [0.1, 0.15) is 5.75 Å². The molecule has 0 amide bonds. The molecule has 4 heteroatoms. The van der Waals surface area contributed by atoms with E-state index in [9.17, 15) is 0 Å². The molecule has 0 saturated heterocycles. The summed E-state index contributed by atoms with van der Waals surface area (Å²) in [5.41, 5.74) is 1.99. The Morgan fingerprint density at radius 3 is 2.59 bits per heavy atom. The van der Waals surface area contributed by atoms with Crippen LogP contribution in [0, 0.1) is 6.92 Å². The molecule has 17 heavy (non-hydrogen) atoms. The van der Waals surface area contributed by atoms with E-state index in [1.807, 2.05) is 31.2 Å².